The van der Waals surface area contributed by atoms with E-state index in [0.29, 0.717) is 0 Å². The number of carbonyl (C=O) groups is 1. The number of H-pyrrole nitrogens is 1. The van der Waals surface area contributed by atoms with E-state index in [9.17, 15) is 4.79 Å². The molecule has 3 nitrogen and oxygen atoms in total. The molecule has 0 saturated carbocycles. The molecule has 0 saturated heterocycles. The molecule has 2 unspecified atom stereocenters. The maximum atomic E-state index is 13.0. The van der Waals surface area contributed by atoms with Gasteiger partial charge in [-0.05, 0) is 30.2 Å². The molecule has 2 atom stereocenters. The Hall–Kier alpha value is -2.55. The molecule has 1 aliphatic heterocycles. The van der Waals surface area contributed by atoms with Gasteiger partial charge < -0.3 is 10.3 Å². The van der Waals surface area contributed by atoms with Crippen molar-refractivity contribution in [3.63, 3.8) is 0 Å². The summed E-state index contributed by atoms with van der Waals surface area (Å²) in [6.45, 7) is 4.34. The molecule has 0 spiro atoms. The highest BCUT2D eigenvalue weighted by molar-refractivity contribution is 6.11. The Kier molecular flexibility index (Phi) is 3.05. The molecule has 2 heterocycles. The van der Waals surface area contributed by atoms with E-state index in [-0.39, 0.29) is 17.2 Å². The number of aromatic nitrogens is 1. The van der Waals surface area contributed by atoms with Gasteiger partial charge in [0.15, 0.2) is 5.78 Å². The third kappa shape index (κ3) is 1.93. The van der Waals surface area contributed by atoms with E-state index in [0.717, 1.165) is 23.2 Å². The Morgan fingerprint density at radius 1 is 1.09 bits per heavy atom. The largest absolute Gasteiger partial charge is 0.374 e. The smallest absolute Gasteiger partial charge is 0.187 e. The van der Waals surface area contributed by atoms with E-state index < -0.39 is 0 Å². The van der Waals surface area contributed by atoms with Crippen molar-refractivity contribution in [2.45, 2.75) is 31.7 Å². The molecule has 0 bridgehead atoms. The first kappa shape index (κ1) is 14.1. The number of aromatic amines is 1. The van der Waals surface area contributed by atoms with E-state index in [1.54, 1.807) is 0 Å². The van der Waals surface area contributed by atoms with Crippen molar-refractivity contribution in [2.24, 2.45) is 0 Å². The third-order valence-corrected chi connectivity index (χ3v) is 5.33. The Labute approximate surface area is 135 Å². The molecule has 2 aromatic carbocycles. The van der Waals surface area contributed by atoms with Crippen molar-refractivity contribution in [2.75, 3.05) is 5.32 Å². The van der Waals surface area contributed by atoms with Crippen LogP contribution in [0.15, 0.2) is 54.7 Å². The molecular weight excluding hydrogens is 284 g/mol. The first-order chi connectivity index (χ1) is 11.1. The van der Waals surface area contributed by atoms with Crippen molar-refractivity contribution in [3.8, 4) is 0 Å². The first-order valence-corrected chi connectivity index (χ1v) is 8.11. The summed E-state index contributed by atoms with van der Waals surface area (Å²) < 4.78 is 0. The molecular formula is C20H20N2O. The van der Waals surface area contributed by atoms with E-state index >= 15 is 0 Å². The van der Waals surface area contributed by atoms with Crippen LogP contribution in [0.5, 0.6) is 0 Å². The van der Waals surface area contributed by atoms with Gasteiger partial charge in [-0.25, -0.2) is 0 Å². The lowest BCUT2D eigenvalue weighted by Crippen LogP contribution is -2.43. The lowest BCUT2D eigenvalue weighted by molar-refractivity contribution is 0.0944. The zero-order valence-electron chi connectivity index (χ0n) is 13.4. The molecule has 2 N–H and O–H groups in total. The van der Waals surface area contributed by atoms with E-state index in [4.69, 9.17) is 0 Å². The summed E-state index contributed by atoms with van der Waals surface area (Å²) in [5, 5.41) is 4.66. The van der Waals surface area contributed by atoms with Crippen LogP contribution >= 0.6 is 0 Å². The summed E-state index contributed by atoms with van der Waals surface area (Å²) in [4.78, 5) is 16.3. The molecule has 0 radical (unpaired) electrons. The highest BCUT2D eigenvalue weighted by atomic mass is 16.1. The Bertz CT molecular complexity index is 895. The lowest BCUT2D eigenvalue weighted by Gasteiger charge is -2.34. The van der Waals surface area contributed by atoms with Gasteiger partial charge in [0.05, 0.1) is 6.04 Å². The zero-order valence-corrected chi connectivity index (χ0v) is 13.4. The van der Waals surface area contributed by atoms with Crippen molar-refractivity contribution in [3.05, 3.63) is 65.9 Å². The van der Waals surface area contributed by atoms with Gasteiger partial charge in [0.2, 0.25) is 0 Å². The van der Waals surface area contributed by atoms with Gasteiger partial charge in [-0.1, -0.05) is 44.2 Å². The molecule has 3 heteroatoms. The first-order valence-electron chi connectivity index (χ1n) is 8.11. The Morgan fingerprint density at radius 2 is 1.83 bits per heavy atom. The minimum Gasteiger partial charge on any atom is -0.374 e. The van der Waals surface area contributed by atoms with E-state index in [1.807, 2.05) is 30.3 Å². The van der Waals surface area contributed by atoms with Crippen molar-refractivity contribution < 1.29 is 4.79 Å². The number of anilines is 1. The molecule has 4 rings (SSSR count). The van der Waals surface area contributed by atoms with Crippen molar-refractivity contribution in [1.82, 2.24) is 4.98 Å². The number of benzene rings is 2. The van der Waals surface area contributed by atoms with Crippen LogP contribution in [0.25, 0.3) is 10.9 Å². The summed E-state index contributed by atoms with van der Waals surface area (Å²) >= 11 is 0. The summed E-state index contributed by atoms with van der Waals surface area (Å²) in [7, 11) is 0. The molecule has 1 aliphatic rings. The molecule has 3 aromatic rings. The fraction of sp³-hybridized carbons (Fsp3) is 0.250. The molecule has 0 amide bonds. The Morgan fingerprint density at radius 3 is 2.61 bits per heavy atom. The number of rotatable bonds is 3. The maximum Gasteiger partial charge on any atom is 0.187 e. The van der Waals surface area contributed by atoms with Crippen molar-refractivity contribution >= 4 is 22.4 Å². The second-order valence-corrected chi connectivity index (χ2v) is 6.51. The second-order valence-electron chi connectivity index (χ2n) is 6.51. The summed E-state index contributed by atoms with van der Waals surface area (Å²) in [6.07, 6.45) is 2.94. The van der Waals surface area contributed by atoms with Crippen molar-refractivity contribution in [1.29, 1.82) is 0 Å². The van der Waals surface area contributed by atoms with Gasteiger partial charge in [0.1, 0.15) is 0 Å². The predicted octanol–water partition coefficient (Wildman–Crippen LogP) is 4.51. The number of Topliss-reactive ketones (excluding diaryl/α,β-unsaturated/α-hetero) is 1. The molecule has 116 valence electrons. The maximum absolute atomic E-state index is 13.0. The number of ketones is 1. The average molecular weight is 304 g/mol. The zero-order chi connectivity index (χ0) is 16.0. The number of hydrogen-bond acceptors (Lipinski definition) is 2. The van der Waals surface area contributed by atoms with Gasteiger partial charge in [-0.15, -0.1) is 0 Å². The summed E-state index contributed by atoms with van der Waals surface area (Å²) in [5.41, 5.74) is 3.80. The van der Waals surface area contributed by atoms with Crippen LogP contribution in [-0.2, 0) is 5.41 Å². The number of hydrogen-bond donors (Lipinski definition) is 2. The monoisotopic (exact) mass is 304 g/mol. The third-order valence-electron chi connectivity index (χ3n) is 5.33. The van der Waals surface area contributed by atoms with Crippen LogP contribution in [0, 0.1) is 0 Å². The van der Waals surface area contributed by atoms with Crippen LogP contribution in [-0.4, -0.2) is 16.8 Å². The minimum atomic E-state index is -0.268. The highest BCUT2D eigenvalue weighted by Gasteiger charge is 2.44. The fourth-order valence-corrected chi connectivity index (χ4v) is 3.74. The molecule has 0 fully saturated rings. The second kappa shape index (κ2) is 4.98. The lowest BCUT2D eigenvalue weighted by atomic mass is 9.72. The SMILES string of the molecule is CCC(C)(c1c[nH]c2ccccc12)C1Nc2ccccc2C1=O. The Balaban J connectivity index is 1.84. The van der Waals surface area contributed by atoms with Crippen LogP contribution in [0.2, 0.25) is 0 Å². The number of para-hydroxylation sites is 2. The quantitative estimate of drug-likeness (QED) is 0.747. The summed E-state index contributed by atoms with van der Waals surface area (Å²) in [5.74, 6) is 0.190. The molecule has 23 heavy (non-hydrogen) atoms. The average Bonchev–Trinajstić information content (AvgIpc) is 3.17. The standard InChI is InChI=1S/C20H20N2O/c1-3-20(2,15-12-21-16-10-6-4-8-13(15)16)19-18(23)14-9-5-7-11-17(14)22-19/h4-12,19,21-22H,3H2,1-2H3. The predicted molar refractivity (Wildman–Crippen MR) is 94.1 cm³/mol. The van der Waals surface area contributed by atoms with E-state index in [1.165, 1.54) is 10.9 Å². The highest BCUT2D eigenvalue weighted by Crippen LogP contribution is 2.41. The molecule has 1 aromatic heterocycles. The summed E-state index contributed by atoms with van der Waals surface area (Å²) in [6, 6.07) is 15.8. The minimum absolute atomic E-state index is 0.190. The van der Waals surface area contributed by atoms with Crippen LogP contribution in [0.1, 0.15) is 36.2 Å². The number of carbonyl (C=O) groups excluding carboxylic acids is 1. The number of nitrogens with one attached hydrogen (secondary N) is 2. The topological polar surface area (TPSA) is 44.9 Å². The van der Waals surface area contributed by atoms with Gasteiger partial charge in [-0.2, -0.15) is 0 Å². The normalized spacial score (nSPS) is 19.4. The molecule has 0 aliphatic carbocycles. The van der Waals surface area contributed by atoms with Crippen LogP contribution in [0.4, 0.5) is 5.69 Å². The van der Waals surface area contributed by atoms with Crippen LogP contribution < -0.4 is 5.32 Å². The number of fused-ring (bicyclic) bond motifs is 2. The van der Waals surface area contributed by atoms with Crippen LogP contribution in [0.3, 0.4) is 0 Å². The van der Waals surface area contributed by atoms with Gasteiger partial charge in [0.25, 0.3) is 0 Å². The van der Waals surface area contributed by atoms with E-state index in [2.05, 4.69) is 48.5 Å². The van der Waals surface area contributed by atoms with Gasteiger partial charge in [0, 0.05) is 33.8 Å². The van der Waals surface area contributed by atoms with Gasteiger partial charge in [-0.3, -0.25) is 4.79 Å². The fourth-order valence-electron chi connectivity index (χ4n) is 3.74. The van der Waals surface area contributed by atoms with Gasteiger partial charge >= 0.3 is 0 Å².